The fourth-order valence-corrected chi connectivity index (χ4v) is 2.23. The van der Waals surface area contributed by atoms with Crippen LogP contribution >= 0.6 is 0 Å². The van der Waals surface area contributed by atoms with E-state index < -0.39 is 5.97 Å². The van der Waals surface area contributed by atoms with E-state index in [4.69, 9.17) is 4.74 Å². The second kappa shape index (κ2) is 7.60. The zero-order chi connectivity index (χ0) is 17.7. The number of nitrogens with one attached hydrogen (secondary N) is 1. The monoisotopic (exact) mass is 327 g/mol. The van der Waals surface area contributed by atoms with Gasteiger partial charge in [0.25, 0.3) is 0 Å². The maximum atomic E-state index is 12.4. The molecule has 0 spiro atoms. The molecule has 4 nitrogen and oxygen atoms in total. The molecule has 0 heterocycles. The summed E-state index contributed by atoms with van der Waals surface area (Å²) in [5.41, 5.74) is 2.95. The Labute approximate surface area is 143 Å². The number of rotatable bonds is 5. The van der Waals surface area contributed by atoms with Gasteiger partial charge in [-0.25, -0.2) is 4.79 Å². The molecule has 0 unspecified atom stereocenters. The molecule has 0 aliphatic carbocycles. The van der Waals surface area contributed by atoms with Crippen molar-refractivity contribution in [2.45, 2.75) is 46.4 Å². The number of para-hydroxylation sites is 1. The van der Waals surface area contributed by atoms with Crippen LogP contribution in [0.15, 0.2) is 42.5 Å². The number of aliphatic hydroxyl groups excluding tert-OH is 1. The summed E-state index contributed by atoms with van der Waals surface area (Å²) in [6, 6.07) is 12.7. The summed E-state index contributed by atoms with van der Waals surface area (Å²) in [6.07, 6.45) is 0. The maximum absolute atomic E-state index is 12.4. The molecule has 2 N–H and O–H groups in total. The van der Waals surface area contributed by atoms with E-state index in [0.717, 1.165) is 11.1 Å². The number of ether oxygens (including phenoxy) is 1. The average Bonchev–Trinajstić information content (AvgIpc) is 2.53. The van der Waals surface area contributed by atoms with Gasteiger partial charge in [0.2, 0.25) is 0 Å². The third-order valence-corrected chi connectivity index (χ3v) is 3.64. The van der Waals surface area contributed by atoms with Gasteiger partial charge in [-0.1, -0.05) is 35.9 Å². The van der Waals surface area contributed by atoms with Crippen LogP contribution in [0.1, 0.15) is 47.8 Å². The number of benzene rings is 2. The predicted octanol–water partition coefficient (Wildman–Crippen LogP) is 3.59. The minimum atomic E-state index is -0.423. The summed E-state index contributed by atoms with van der Waals surface area (Å²) in [5.74, 6) is 0.00948. The summed E-state index contributed by atoms with van der Waals surface area (Å²) in [4.78, 5) is 12.4. The SMILES string of the molecule is Cc1ccc(C(=O)Oc2c(CO)cccc2CNC(C)(C)C)cc1. The van der Waals surface area contributed by atoms with E-state index in [2.05, 4.69) is 26.1 Å². The average molecular weight is 327 g/mol. The molecule has 24 heavy (non-hydrogen) atoms. The third kappa shape index (κ3) is 4.91. The van der Waals surface area contributed by atoms with Gasteiger partial charge in [0.05, 0.1) is 12.2 Å². The van der Waals surface area contributed by atoms with Crippen molar-refractivity contribution in [1.82, 2.24) is 5.32 Å². The van der Waals surface area contributed by atoms with Gasteiger partial charge in [-0.2, -0.15) is 0 Å². The third-order valence-electron chi connectivity index (χ3n) is 3.64. The Hall–Kier alpha value is -2.17. The van der Waals surface area contributed by atoms with Crippen molar-refractivity contribution in [3.63, 3.8) is 0 Å². The molecule has 0 aromatic heterocycles. The minimum Gasteiger partial charge on any atom is -0.422 e. The Morgan fingerprint density at radius 3 is 2.29 bits per heavy atom. The lowest BCUT2D eigenvalue weighted by Gasteiger charge is -2.22. The highest BCUT2D eigenvalue weighted by Gasteiger charge is 2.17. The standard InChI is InChI=1S/C20H25NO3/c1-14-8-10-15(11-9-14)19(23)24-18-16(12-21-20(2,3)4)6-5-7-17(18)13-22/h5-11,21-22H,12-13H2,1-4H3. The number of esters is 1. The zero-order valence-electron chi connectivity index (χ0n) is 14.7. The number of carbonyl (C=O) groups is 1. The van der Waals surface area contributed by atoms with Gasteiger partial charge in [0, 0.05) is 23.2 Å². The van der Waals surface area contributed by atoms with Crippen LogP contribution in [-0.2, 0) is 13.2 Å². The normalized spacial score (nSPS) is 11.4. The lowest BCUT2D eigenvalue weighted by Crippen LogP contribution is -2.35. The quantitative estimate of drug-likeness (QED) is 0.651. The molecule has 0 bridgehead atoms. The van der Waals surface area contributed by atoms with Crippen molar-refractivity contribution in [1.29, 1.82) is 0 Å². The zero-order valence-corrected chi connectivity index (χ0v) is 14.7. The van der Waals surface area contributed by atoms with Gasteiger partial charge >= 0.3 is 5.97 Å². The largest absolute Gasteiger partial charge is 0.422 e. The van der Waals surface area contributed by atoms with Crippen LogP contribution in [0, 0.1) is 6.92 Å². The molecule has 2 rings (SSSR count). The highest BCUT2D eigenvalue weighted by Crippen LogP contribution is 2.26. The van der Waals surface area contributed by atoms with E-state index in [9.17, 15) is 9.90 Å². The molecule has 0 atom stereocenters. The van der Waals surface area contributed by atoms with Crippen LogP contribution in [-0.4, -0.2) is 16.6 Å². The van der Waals surface area contributed by atoms with Crippen molar-refractivity contribution in [2.24, 2.45) is 0 Å². The molecule has 4 heteroatoms. The maximum Gasteiger partial charge on any atom is 0.343 e. The Morgan fingerprint density at radius 1 is 1.08 bits per heavy atom. The number of aryl methyl sites for hydroxylation is 1. The van der Waals surface area contributed by atoms with E-state index in [1.807, 2.05) is 31.2 Å². The fraction of sp³-hybridized carbons (Fsp3) is 0.350. The molecule has 2 aromatic carbocycles. The van der Waals surface area contributed by atoms with E-state index >= 15 is 0 Å². The van der Waals surface area contributed by atoms with E-state index in [1.54, 1.807) is 18.2 Å². The first kappa shape index (κ1) is 18.2. The minimum absolute atomic E-state index is 0.0620. The number of hydrogen-bond acceptors (Lipinski definition) is 4. The number of carbonyl (C=O) groups excluding carboxylic acids is 1. The molecule has 0 fully saturated rings. The van der Waals surface area contributed by atoms with Crippen molar-refractivity contribution in [3.05, 3.63) is 64.7 Å². The highest BCUT2D eigenvalue weighted by molar-refractivity contribution is 5.91. The first-order valence-electron chi connectivity index (χ1n) is 8.05. The summed E-state index contributed by atoms with van der Waals surface area (Å²) >= 11 is 0. The lowest BCUT2D eigenvalue weighted by molar-refractivity contribution is 0.0729. The van der Waals surface area contributed by atoms with Crippen LogP contribution in [0.5, 0.6) is 5.75 Å². The molecule has 0 radical (unpaired) electrons. The summed E-state index contributed by atoms with van der Waals surface area (Å²) < 4.78 is 5.62. The van der Waals surface area contributed by atoms with Gasteiger partial charge in [-0.15, -0.1) is 0 Å². The van der Waals surface area contributed by atoms with Crippen LogP contribution in [0.2, 0.25) is 0 Å². The summed E-state index contributed by atoms with van der Waals surface area (Å²) in [5, 5.41) is 13.0. The van der Waals surface area contributed by atoms with Crippen LogP contribution in [0.25, 0.3) is 0 Å². The van der Waals surface area contributed by atoms with Crippen molar-refractivity contribution in [3.8, 4) is 5.75 Å². The first-order chi connectivity index (χ1) is 11.3. The fourth-order valence-electron chi connectivity index (χ4n) is 2.23. The van der Waals surface area contributed by atoms with Crippen LogP contribution < -0.4 is 10.1 Å². The van der Waals surface area contributed by atoms with Gasteiger partial charge in [-0.3, -0.25) is 0 Å². The Balaban J connectivity index is 2.26. The summed E-state index contributed by atoms with van der Waals surface area (Å²) in [7, 11) is 0. The van der Waals surface area contributed by atoms with Crippen molar-refractivity contribution < 1.29 is 14.6 Å². The molecule has 0 aliphatic heterocycles. The topological polar surface area (TPSA) is 58.6 Å². The Bertz CT molecular complexity index is 700. The second-order valence-electron chi connectivity index (χ2n) is 6.92. The second-order valence-corrected chi connectivity index (χ2v) is 6.92. The molecule has 0 saturated carbocycles. The van der Waals surface area contributed by atoms with E-state index in [1.165, 1.54) is 0 Å². The smallest absolute Gasteiger partial charge is 0.343 e. The Morgan fingerprint density at radius 2 is 1.71 bits per heavy atom. The lowest BCUT2D eigenvalue weighted by atomic mass is 10.1. The molecule has 0 aliphatic rings. The molecule has 0 saturated heterocycles. The molecule has 128 valence electrons. The van der Waals surface area contributed by atoms with Crippen molar-refractivity contribution in [2.75, 3.05) is 0 Å². The Kier molecular flexibility index (Phi) is 5.75. The van der Waals surface area contributed by atoms with Gasteiger partial charge in [0.1, 0.15) is 5.75 Å². The van der Waals surface area contributed by atoms with Crippen LogP contribution in [0.4, 0.5) is 0 Å². The first-order valence-corrected chi connectivity index (χ1v) is 8.05. The molecule has 2 aromatic rings. The summed E-state index contributed by atoms with van der Waals surface area (Å²) in [6.45, 7) is 8.54. The van der Waals surface area contributed by atoms with Gasteiger partial charge < -0.3 is 15.2 Å². The number of aliphatic hydroxyl groups is 1. The molecule has 0 amide bonds. The van der Waals surface area contributed by atoms with Crippen LogP contribution in [0.3, 0.4) is 0 Å². The molecular formula is C20H25NO3. The highest BCUT2D eigenvalue weighted by atomic mass is 16.5. The predicted molar refractivity (Wildman–Crippen MR) is 95.1 cm³/mol. The molecular weight excluding hydrogens is 302 g/mol. The van der Waals surface area contributed by atoms with Crippen molar-refractivity contribution >= 4 is 5.97 Å². The van der Waals surface area contributed by atoms with E-state index in [0.29, 0.717) is 23.4 Å². The van der Waals surface area contributed by atoms with Gasteiger partial charge in [0.15, 0.2) is 0 Å². The van der Waals surface area contributed by atoms with E-state index in [-0.39, 0.29) is 12.1 Å². The van der Waals surface area contributed by atoms with Gasteiger partial charge in [-0.05, 0) is 39.8 Å². The number of hydrogen-bond donors (Lipinski definition) is 2.